The molecule has 0 bridgehead atoms. The van der Waals surface area contributed by atoms with Gasteiger partial charge in [0.15, 0.2) is 0 Å². The summed E-state index contributed by atoms with van der Waals surface area (Å²) in [6.45, 7) is 2.09. The Bertz CT molecular complexity index is 771. The minimum atomic E-state index is 0.347. The third-order valence-corrected chi connectivity index (χ3v) is 3.93. The van der Waals surface area contributed by atoms with E-state index in [4.69, 9.17) is 4.74 Å². The van der Waals surface area contributed by atoms with Crippen LogP contribution >= 0.6 is 0 Å². The van der Waals surface area contributed by atoms with Crippen molar-refractivity contribution in [1.82, 2.24) is 4.90 Å². The van der Waals surface area contributed by atoms with Crippen LogP contribution in [-0.2, 0) is 6.54 Å². The Balaban J connectivity index is 1.64. The zero-order valence-electron chi connectivity index (χ0n) is 13.3. The van der Waals surface area contributed by atoms with Crippen LogP contribution in [0.5, 0.6) is 11.5 Å². The molecule has 3 rings (SSSR count). The number of phenolic OH excluding ortho intramolecular Hbond substituents is 1. The fraction of sp³-hybridized carbons (Fsp3) is 0.200. The van der Waals surface area contributed by atoms with E-state index in [1.54, 1.807) is 6.07 Å². The number of nitrogens with zero attached hydrogens (tertiary/aromatic N) is 1. The zero-order chi connectivity index (χ0) is 16.1. The Morgan fingerprint density at radius 3 is 2.48 bits per heavy atom. The van der Waals surface area contributed by atoms with Crippen LogP contribution in [0.15, 0.2) is 66.7 Å². The van der Waals surface area contributed by atoms with E-state index in [0.717, 1.165) is 28.6 Å². The minimum absolute atomic E-state index is 0.347. The predicted molar refractivity (Wildman–Crippen MR) is 93.9 cm³/mol. The fourth-order valence-electron chi connectivity index (χ4n) is 2.68. The summed E-state index contributed by atoms with van der Waals surface area (Å²) in [7, 11) is 2.04. The van der Waals surface area contributed by atoms with Gasteiger partial charge < -0.3 is 9.84 Å². The molecule has 3 aromatic carbocycles. The van der Waals surface area contributed by atoms with E-state index in [1.807, 2.05) is 55.6 Å². The van der Waals surface area contributed by atoms with Crippen molar-refractivity contribution in [2.24, 2.45) is 0 Å². The average molecular weight is 307 g/mol. The summed E-state index contributed by atoms with van der Waals surface area (Å²) < 4.78 is 5.73. The van der Waals surface area contributed by atoms with E-state index < -0.39 is 0 Å². The number of likely N-dealkylation sites (N-methyl/N-ethyl adjacent to an activating group) is 1. The lowest BCUT2D eigenvalue weighted by Crippen LogP contribution is -2.24. The van der Waals surface area contributed by atoms with Crippen LogP contribution in [0, 0.1) is 0 Å². The maximum absolute atomic E-state index is 10.2. The highest BCUT2D eigenvalue weighted by molar-refractivity contribution is 5.87. The number of para-hydroxylation sites is 1. The number of hydrogen-bond donors (Lipinski definition) is 1. The summed E-state index contributed by atoms with van der Waals surface area (Å²) in [6, 6.07) is 21.7. The SMILES string of the molecule is CN(CCOc1ccccc1)Cc1c(O)ccc2ccccc12. The van der Waals surface area contributed by atoms with E-state index in [2.05, 4.69) is 17.0 Å². The average Bonchev–Trinajstić information content (AvgIpc) is 2.58. The highest BCUT2D eigenvalue weighted by Gasteiger charge is 2.09. The number of ether oxygens (including phenoxy) is 1. The number of hydrogen-bond acceptors (Lipinski definition) is 3. The molecule has 1 N–H and O–H groups in total. The highest BCUT2D eigenvalue weighted by atomic mass is 16.5. The largest absolute Gasteiger partial charge is 0.508 e. The third kappa shape index (κ3) is 3.82. The van der Waals surface area contributed by atoms with E-state index >= 15 is 0 Å². The Labute approximate surface area is 136 Å². The lowest BCUT2D eigenvalue weighted by atomic mass is 10.0. The molecule has 0 aromatic heterocycles. The molecule has 0 amide bonds. The molecule has 0 heterocycles. The lowest BCUT2D eigenvalue weighted by Gasteiger charge is -2.19. The summed E-state index contributed by atoms with van der Waals surface area (Å²) in [5, 5.41) is 12.5. The van der Waals surface area contributed by atoms with E-state index in [0.29, 0.717) is 18.9 Å². The molecule has 0 saturated heterocycles. The molecule has 0 aliphatic carbocycles. The van der Waals surface area contributed by atoms with Crippen LogP contribution in [0.25, 0.3) is 10.8 Å². The molecule has 3 aromatic rings. The Morgan fingerprint density at radius 1 is 0.913 bits per heavy atom. The predicted octanol–water partition coefficient (Wildman–Crippen LogP) is 4.06. The Morgan fingerprint density at radius 2 is 1.65 bits per heavy atom. The molecule has 0 radical (unpaired) electrons. The van der Waals surface area contributed by atoms with Crippen molar-refractivity contribution < 1.29 is 9.84 Å². The van der Waals surface area contributed by atoms with Crippen molar-refractivity contribution in [3.05, 3.63) is 72.3 Å². The minimum Gasteiger partial charge on any atom is -0.508 e. The van der Waals surface area contributed by atoms with Crippen LogP contribution in [-0.4, -0.2) is 30.2 Å². The molecule has 0 spiro atoms. The van der Waals surface area contributed by atoms with Crippen molar-refractivity contribution in [2.75, 3.05) is 20.2 Å². The van der Waals surface area contributed by atoms with Crippen LogP contribution < -0.4 is 4.74 Å². The number of phenols is 1. The maximum Gasteiger partial charge on any atom is 0.120 e. The second-order valence-corrected chi connectivity index (χ2v) is 5.68. The zero-order valence-corrected chi connectivity index (χ0v) is 13.3. The van der Waals surface area contributed by atoms with Gasteiger partial charge in [0.25, 0.3) is 0 Å². The van der Waals surface area contributed by atoms with E-state index in [1.165, 1.54) is 0 Å². The molecule has 0 fully saturated rings. The Hall–Kier alpha value is -2.52. The van der Waals surface area contributed by atoms with Gasteiger partial charge in [0.05, 0.1) is 0 Å². The van der Waals surface area contributed by atoms with Gasteiger partial charge in [0, 0.05) is 18.7 Å². The van der Waals surface area contributed by atoms with Gasteiger partial charge >= 0.3 is 0 Å². The lowest BCUT2D eigenvalue weighted by molar-refractivity contribution is 0.232. The van der Waals surface area contributed by atoms with Crippen LogP contribution in [0.2, 0.25) is 0 Å². The van der Waals surface area contributed by atoms with E-state index in [-0.39, 0.29) is 0 Å². The first-order valence-electron chi connectivity index (χ1n) is 7.80. The summed E-state index contributed by atoms with van der Waals surface area (Å²) >= 11 is 0. The van der Waals surface area contributed by atoms with Crippen molar-refractivity contribution in [2.45, 2.75) is 6.54 Å². The summed E-state index contributed by atoms with van der Waals surface area (Å²) in [6.07, 6.45) is 0. The summed E-state index contributed by atoms with van der Waals surface area (Å²) in [5.74, 6) is 1.23. The van der Waals surface area contributed by atoms with E-state index in [9.17, 15) is 5.11 Å². The van der Waals surface area contributed by atoms with Gasteiger partial charge in [0.2, 0.25) is 0 Å². The van der Waals surface area contributed by atoms with Crippen LogP contribution in [0.3, 0.4) is 0 Å². The normalized spacial score (nSPS) is 11.0. The molecule has 3 heteroatoms. The van der Waals surface area contributed by atoms with Gasteiger partial charge in [-0.25, -0.2) is 0 Å². The van der Waals surface area contributed by atoms with Gasteiger partial charge in [0.1, 0.15) is 18.1 Å². The quantitative estimate of drug-likeness (QED) is 0.745. The smallest absolute Gasteiger partial charge is 0.120 e. The molecule has 3 nitrogen and oxygen atoms in total. The van der Waals surface area contributed by atoms with Crippen molar-refractivity contribution in [1.29, 1.82) is 0 Å². The number of fused-ring (bicyclic) bond motifs is 1. The van der Waals surface area contributed by atoms with Gasteiger partial charge in [-0.15, -0.1) is 0 Å². The first-order valence-corrected chi connectivity index (χ1v) is 7.80. The van der Waals surface area contributed by atoms with Gasteiger partial charge in [-0.2, -0.15) is 0 Å². The first-order chi connectivity index (χ1) is 11.2. The summed E-state index contributed by atoms with van der Waals surface area (Å²) in [5.41, 5.74) is 0.963. The van der Waals surface area contributed by atoms with Gasteiger partial charge in [-0.3, -0.25) is 4.90 Å². The molecule has 0 unspecified atom stereocenters. The molecule has 0 atom stereocenters. The second kappa shape index (κ2) is 7.16. The standard InChI is InChI=1S/C20H21NO2/c1-21(13-14-23-17-8-3-2-4-9-17)15-19-18-10-6-5-7-16(18)11-12-20(19)22/h2-12,22H,13-15H2,1H3. The number of benzene rings is 3. The second-order valence-electron chi connectivity index (χ2n) is 5.68. The summed E-state index contributed by atoms with van der Waals surface area (Å²) in [4.78, 5) is 2.16. The molecule has 0 aliphatic heterocycles. The fourth-order valence-corrected chi connectivity index (χ4v) is 2.68. The molecule has 0 saturated carbocycles. The highest BCUT2D eigenvalue weighted by Crippen LogP contribution is 2.28. The molecular formula is C20H21NO2. The van der Waals surface area contributed by atoms with Crippen LogP contribution in [0.1, 0.15) is 5.56 Å². The first kappa shape index (κ1) is 15.4. The maximum atomic E-state index is 10.2. The van der Waals surface area contributed by atoms with Gasteiger partial charge in [-0.05, 0) is 36.0 Å². The Kier molecular flexibility index (Phi) is 4.79. The number of rotatable bonds is 6. The van der Waals surface area contributed by atoms with Crippen molar-refractivity contribution >= 4 is 10.8 Å². The molecule has 0 aliphatic rings. The monoisotopic (exact) mass is 307 g/mol. The van der Waals surface area contributed by atoms with Crippen molar-refractivity contribution in [3.63, 3.8) is 0 Å². The molecule has 23 heavy (non-hydrogen) atoms. The number of aromatic hydroxyl groups is 1. The van der Waals surface area contributed by atoms with Crippen LogP contribution in [0.4, 0.5) is 0 Å². The van der Waals surface area contributed by atoms with Gasteiger partial charge in [-0.1, -0.05) is 48.5 Å². The van der Waals surface area contributed by atoms with Crippen molar-refractivity contribution in [3.8, 4) is 11.5 Å². The molecule has 118 valence electrons. The topological polar surface area (TPSA) is 32.7 Å². The third-order valence-electron chi connectivity index (χ3n) is 3.93. The molecular weight excluding hydrogens is 286 g/mol.